The minimum Gasteiger partial charge on any atom is -0.507 e. The third-order valence-corrected chi connectivity index (χ3v) is 2.48. The van der Waals surface area contributed by atoms with E-state index in [0.717, 1.165) is 18.4 Å². The number of benzene rings is 1. The van der Waals surface area contributed by atoms with Gasteiger partial charge in [0.15, 0.2) is 0 Å². The Morgan fingerprint density at radius 2 is 2.23 bits per heavy atom. The molecule has 0 spiro atoms. The van der Waals surface area contributed by atoms with Crippen molar-refractivity contribution in [1.29, 1.82) is 0 Å². The summed E-state index contributed by atoms with van der Waals surface area (Å²) in [6, 6.07) is 8.28. The molecule has 0 bridgehead atoms. The Morgan fingerprint density at radius 3 is 2.92 bits per heavy atom. The van der Waals surface area contributed by atoms with Crippen molar-refractivity contribution in [3.8, 4) is 5.75 Å². The zero-order chi connectivity index (χ0) is 9.10. The van der Waals surface area contributed by atoms with Gasteiger partial charge in [0.25, 0.3) is 0 Å². The number of hydrogen-bond acceptors (Lipinski definition) is 1. The van der Waals surface area contributed by atoms with Gasteiger partial charge in [0.2, 0.25) is 0 Å². The van der Waals surface area contributed by atoms with Crippen LogP contribution in [0.25, 0.3) is 5.57 Å². The van der Waals surface area contributed by atoms with Crippen molar-refractivity contribution in [2.45, 2.75) is 25.7 Å². The van der Waals surface area contributed by atoms with E-state index in [1.54, 1.807) is 6.07 Å². The molecule has 0 heterocycles. The summed E-state index contributed by atoms with van der Waals surface area (Å²) in [5.41, 5.74) is 2.27. The van der Waals surface area contributed by atoms with Crippen LogP contribution in [0.4, 0.5) is 0 Å². The summed E-state index contributed by atoms with van der Waals surface area (Å²) in [5, 5.41) is 9.59. The maximum absolute atomic E-state index is 9.59. The molecule has 0 fully saturated rings. The highest BCUT2D eigenvalue weighted by atomic mass is 16.3. The van der Waals surface area contributed by atoms with Gasteiger partial charge in [-0.1, -0.05) is 18.2 Å². The molecule has 67 valence electrons. The summed E-state index contributed by atoms with van der Waals surface area (Å²) in [7, 11) is 0. The summed E-state index contributed by atoms with van der Waals surface area (Å²) in [4.78, 5) is 0. The van der Waals surface area contributed by atoms with E-state index in [1.807, 2.05) is 12.1 Å². The molecule has 1 N–H and O–H groups in total. The molecule has 1 heteroatoms. The average molecular weight is 173 g/mol. The second kappa shape index (κ2) is 3.65. The van der Waals surface area contributed by atoms with Crippen molar-refractivity contribution in [3.63, 3.8) is 0 Å². The Balaban J connectivity index is 2.34. The Kier molecular flexibility index (Phi) is 2.35. The highest BCUT2D eigenvalue weighted by molar-refractivity contribution is 5.70. The number of phenols is 1. The molecule has 1 nitrogen and oxygen atoms in total. The molecule has 1 aliphatic rings. The smallest absolute Gasteiger partial charge is 0.123 e. The standard InChI is InChI=1S/C12H13O/c13-12-9-5-4-8-11(12)10-6-2-1-3-7-10/h4,6,8-9,13H,1-3,7H2. The van der Waals surface area contributed by atoms with Gasteiger partial charge >= 0.3 is 0 Å². The van der Waals surface area contributed by atoms with Crippen LogP contribution in [0.5, 0.6) is 5.75 Å². The maximum atomic E-state index is 9.59. The van der Waals surface area contributed by atoms with E-state index >= 15 is 0 Å². The first kappa shape index (κ1) is 8.36. The van der Waals surface area contributed by atoms with Crippen LogP contribution in [0.1, 0.15) is 31.2 Å². The minimum atomic E-state index is 0.357. The van der Waals surface area contributed by atoms with Gasteiger partial charge in [-0.05, 0) is 43.4 Å². The van der Waals surface area contributed by atoms with Gasteiger partial charge in [0.1, 0.15) is 5.75 Å². The van der Waals surface area contributed by atoms with E-state index in [0.29, 0.717) is 5.75 Å². The number of rotatable bonds is 1. The molecule has 0 saturated heterocycles. The number of aromatic hydroxyl groups is 1. The largest absolute Gasteiger partial charge is 0.507 e. The lowest BCUT2D eigenvalue weighted by atomic mass is 9.93. The summed E-state index contributed by atoms with van der Waals surface area (Å²) in [5.74, 6) is 0.357. The third kappa shape index (κ3) is 1.74. The van der Waals surface area contributed by atoms with Crippen LogP contribution in [-0.2, 0) is 0 Å². The topological polar surface area (TPSA) is 20.2 Å². The fraction of sp³-hybridized carbons (Fsp3) is 0.333. The quantitative estimate of drug-likeness (QED) is 0.691. The third-order valence-electron chi connectivity index (χ3n) is 2.48. The van der Waals surface area contributed by atoms with E-state index in [9.17, 15) is 5.11 Å². The molecule has 0 unspecified atom stereocenters. The second-order valence-electron chi connectivity index (χ2n) is 3.42. The number of allylic oxidation sites excluding steroid dienone is 2. The first-order valence-electron chi connectivity index (χ1n) is 4.76. The molecule has 13 heavy (non-hydrogen) atoms. The second-order valence-corrected chi connectivity index (χ2v) is 3.42. The van der Waals surface area contributed by atoms with Crippen molar-refractivity contribution in [2.75, 3.05) is 0 Å². The van der Waals surface area contributed by atoms with Crippen molar-refractivity contribution in [3.05, 3.63) is 35.9 Å². The zero-order valence-electron chi connectivity index (χ0n) is 7.59. The SMILES string of the molecule is Oc1c[c]ccc1C1=CCCCC1. The molecule has 1 aromatic rings. The van der Waals surface area contributed by atoms with Gasteiger partial charge in [-0.25, -0.2) is 0 Å². The predicted molar refractivity (Wildman–Crippen MR) is 53.4 cm³/mol. The van der Waals surface area contributed by atoms with Crippen LogP contribution in [0.2, 0.25) is 0 Å². The summed E-state index contributed by atoms with van der Waals surface area (Å²) in [6.45, 7) is 0. The van der Waals surface area contributed by atoms with E-state index in [-0.39, 0.29) is 0 Å². The van der Waals surface area contributed by atoms with Crippen LogP contribution in [0.3, 0.4) is 0 Å². The number of hydrogen-bond donors (Lipinski definition) is 1. The van der Waals surface area contributed by atoms with E-state index in [1.165, 1.54) is 18.4 Å². The van der Waals surface area contributed by atoms with Crippen LogP contribution < -0.4 is 0 Å². The van der Waals surface area contributed by atoms with Gasteiger partial charge in [0.05, 0.1) is 0 Å². The average Bonchev–Trinajstić information content (AvgIpc) is 2.20. The Hall–Kier alpha value is -1.24. The van der Waals surface area contributed by atoms with E-state index < -0.39 is 0 Å². The molecule has 1 radical (unpaired) electrons. The molecule has 1 aliphatic carbocycles. The van der Waals surface area contributed by atoms with Gasteiger partial charge < -0.3 is 5.11 Å². The van der Waals surface area contributed by atoms with Crippen molar-refractivity contribution in [1.82, 2.24) is 0 Å². The predicted octanol–water partition coefficient (Wildman–Crippen LogP) is 3.15. The molecule has 2 rings (SSSR count). The number of phenolic OH excluding ortho intramolecular Hbond substituents is 1. The molecule has 0 saturated carbocycles. The molecular formula is C12H13O. The van der Waals surface area contributed by atoms with Crippen LogP contribution in [0, 0.1) is 6.07 Å². The molecule has 0 amide bonds. The van der Waals surface area contributed by atoms with Gasteiger partial charge in [-0.15, -0.1) is 0 Å². The summed E-state index contributed by atoms with van der Waals surface area (Å²) in [6.07, 6.45) is 7.00. The zero-order valence-corrected chi connectivity index (χ0v) is 7.59. The lowest BCUT2D eigenvalue weighted by Gasteiger charge is -2.13. The van der Waals surface area contributed by atoms with Crippen LogP contribution in [-0.4, -0.2) is 5.11 Å². The maximum Gasteiger partial charge on any atom is 0.123 e. The Morgan fingerprint density at radius 1 is 1.31 bits per heavy atom. The highest BCUT2D eigenvalue weighted by Crippen LogP contribution is 2.31. The lowest BCUT2D eigenvalue weighted by molar-refractivity contribution is 0.473. The van der Waals surface area contributed by atoms with Crippen LogP contribution in [0.15, 0.2) is 24.3 Å². The van der Waals surface area contributed by atoms with E-state index in [4.69, 9.17) is 0 Å². The minimum absolute atomic E-state index is 0.357. The Bertz CT molecular complexity index is 326. The lowest BCUT2D eigenvalue weighted by Crippen LogP contribution is -1.91. The molecular weight excluding hydrogens is 160 g/mol. The van der Waals surface area contributed by atoms with Crippen molar-refractivity contribution < 1.29 is 5.11 Å². The summed E-state index contributed by atoms with van der Waals surface area (Å²) >= 11 is 0. The van der Waals surface area contributed by atoms with Crippen molar-refractivity contribution >= 4 is 5.57 Å². The fourth-order valence-corrected chi connectivity index (χ4v) is 1.78. The molecule has 0 aliphatic heterocycles. The first-order chi connectivity index (χ1) is 6.38. The molecule has 1 aromatic carbocycles. The molecule has 0 atom stereocenters. The summed E-state index contributed by atoms with van der Waals surface area (Å²) < 4.78 is 0. The fourth-order valence-electron chi connectivity index (χ4n) is 1.78. The van der Waals surface area contributed by atoms with Crippen LogP contribution >= 0.6 is 0 Å². The van der Waals surface area contributed by atoms with Crippen molar-refractivity contribution in [2.24, 2.45) is 0 Å². The molecule has 0 aromatic heterocycles. The van der Waals surface area contributed by atoms with Gasteiger partial charge in [-0.3, -0.25) is 0 Å². The normalized spacial score (nSPS) is 16.8. The Labute approximate surface area is 78.7 Å². The van der Waals surface area contributed by atoms with E-state index in [2.05, 4.69) is 12.1 Å². The van der Waals surface area contributed by atoms with Gasteiger partial charge in [0, 0.05) is 5.56 Å². The first-order valence-corrected chi connectivity index (χ1v) is 4.76. The monoisotopic (exact) mass is 173 g/mol. The van der Waals surface area contributed by atoms with Gasteiger partial charge in [-0.2, -0.15) is 0 Å². The highest BCUT2D eigenvalue weighted by Gasteiger charge is 2.08.